The highest BCUT2D eigenvalue weighted by Crippen LogP contribution is 2.41. The van der Waals surface area contributed by atoms with Crippen LogP contribution in [0.15, 0.2) is 5.16 Å². The number of nitrogens with one attached hydrogen (secondary N) is 2. The molecule has 0 radical (unpaired) electrons. The van der Waals surface area contributed by atoms with Crippen molar-refractivity contribution in [2.75, 3.05) is 23.7 Å². The van der Waals surface area contributed by atoms with Gasteiger partial charge in [-0.05, 0) is 44.4 Å². The van der Waals surface area contributed by atoms with Crippen molar-refractivity contribution in [1.82, 2.24) is 25.4 Å². The third-order valence-corrected chi connectivity index (χ3v) is 7.09. The molecule has 0 unspecified atom stereocenters. The van der Waals surface area contributed by atoms with Crippen LogP contribution in [0, 0.1) is 5.92 Å². The van der Waals surface area contributed by atoms with Gasteiger partial charge >= 0.3 is 6.03 Å². The minimum Gasteiger partial charge on any atom is -0.341 e. The van der Waals surface area contributed by atoms with Crippen LogP contribution in [0.5, 0.6) is 0 Å². The summed E-state index contributed by atoms with van der Waals surface area (Å²) in [5, 5.41) is 15.0. The van der Waals surface area contributed by atoms with Crippen LogP contribution in [0.1, 0.15) is 70.8 Å². The van der Waals surface area contributed by atoms with Gasteiger partial charge in [-0.3, -0.25) is 14.7 Å². The topological polar surface area (TPSA) is 92.2 Å². The van der Waals surface area contributed by atoms with Crippen molar-refractivity contribution in [3.05, 3.63) is 0 Å². The Hall–Kier alpha value is -1.77. The molecule has 0 bridgehead atoms. The quantitative estimate of drug-likeness (QED) is 0.687. The Morgan fingerprint density at radius 3 is 2.45 bits per heavy atom. The lowest BCUT2D eigenvalue weighted by molar-refractivity contribution is -0.117. The van der Waals surface area contributed by atoms with Gasteiger partial charge in [0.1, 0.15) is 0 Å². The summed E-state index contributed by atoms with van der Waals surface area (Å²) in [6.07, 6.45) is 10.1. The second-order valence-corrected chi connectivity index (χ2v) is 9.64. The largest absolute Gasteiger partial charge is 0.341 e. The number of carbonyl (C=O) groups is 2. The van der Waals surface area contributed by atoms with Crippen LogP contribution in [-0.2, 0) is 4.79 Å². The molecule has 1 aromatic rings. The lowest BCUT2D eigenvalue weighted by Crippen LogP contribution is -2.45. The fraction of sp³-hybridized carbons (Fsp3) is 0.800. The number of piperidine rings is 1. The molecule has 3 amide bonds. The van der Waals surface area contributed by atoms with E-state index in [1.807, 2.05) is 0 Å². The van der Waals surface area contributed by atoms with Crippen LogP contribution in [0.3, 0.4) is 0 Å². The lowest BCUT2D eigenvalue weighted by atomic mass is 9.96. The third kappa shape index (κ3) is 5.43. The van der Waals surface area contributed by atoms with E-state index in [9.17, 15) is 9.59 Å². The van der Waals surface area contributed by atoms with E-state index in [4.69, 9.17) is 0 Å². The Labute approximate surface area is 176 Å². The first-order valence-corrected chi connectivity index (χ1v) is 12.0. The van der Waals surface area contributed by atoms with Crippen LogP contribution in [0.4, 0.5) is 10.7 Å². The lowest BCUT2D eigenvalue weighted by Gasteiger charge is -2.31. The van der Waals surface area contributed by atoms with Gasteiger partial charge in [0.2, 0.25) is 11.9 Å². The summed E-state index contributed by atoms with van der Waals surface area (Å²) in [6, 6.07) is 0.255. The van der Waals surface area contributed by atoms with Crippen molar-refractivity contribution in [3.63, 3.8) is 0 Å². The zero-order valence-corrected chi connectivity index (χ0v) is 18.0. The molecule has 0 aromatic carbocycles. The maximum absolute atomic E-state index is 12.2. The van der Waals surface area contributed by atoms with E-state index in [-0.39, 0.29) is 23.7 Å². The van der Waals surface area contributed by atoms with Gasteiger partial charge in [-0.2, -0.15) is 0 Å². The fourth-order valence-electron chi connectivity index (χ4n) is 4.21. The zero-order chi connectivity index (χ0) is 20.2. The van der Waals surface area contributed by atoms with Crippen molar-refractivity contribution >= 4 is 29.6 Å². The average Bonchev–Trinajstić information content (AvgIpc) is 3.47. The second-order valence-electron chi connectivity index (χ2n) is 8.70. The molecule has 3 fully saturated rings. The summed E-state index contributed by atoms with van der Waals surface area (Å²) >= 11 is 1.37. The average molecular weight is 421 g/mol. The van der Waals surface area contributed by atoms with Crippen LogP contribution in [0.25, 0.3) is 0 Å². The molecule has 1 aromatic heterocycles. The first kappa shape index (κ1) is 20.5. The Morgan fingerprint density at radius 1 is 1.03 bits per heavy atom. The molecule has 160 valence electrons. The van der Waals surface area contributed by atoms with Crippen LogP contribution in [0.2, 0.25) is 0 Å². The number of rotatable bonds is 6. The van der Waals surface area contributed by atoms with E-state index in [0.717, 1.165) is 68.6 Å². The van der Waals surface area contributed by atoms with Gasteiger partial charge in [0.15, 0.2) is 5.16 Å². The number of carbonyl (C=O) groups excluding carboxylic acids is 2. The number of hydrogen-bond donors (Lipinski definition) is 2. The summed E-state index contributed by atoms with van der Waals surface area (Å²) in [5.41, 5.74) is 0. The molecule has 3 aliphatic rings. The number of urea groups is 1. The highest BCUT2D eigenvalue weighted by Gasteiger charge is 2.32. The van der Waals surface area contributed by atoms with E-state index in [0.29, 0.717) is 6.04 Å². The van der Waals surface area contributed by atoms with E-state index in [2.05, 4.69) is 37.2 Å². The van der Waals surface area contributed by atoms with Crippen molar-refractivity contribution in [2.45, 2.75) is 82.0 Å². The van der Waals surface area contributed by atoms with Crippen molar-refractivity contribution < 1.29 is 9.59 Å². The SMILES string of the molecule is CC1CCN(c2nnc(SCC(=O)NC(=O)NC3CCCCC3)n2C2CC2)CC1. The number of thioether (sulfide) groups is 1. The summed E-state index contributed by atoms with van der Waals surface area (Å²) in [7, 11) is 0. The molecule has 8 nitrogen and oxygen atoms in total. The summed E-state index contributed by atoms with van der Waals surface area (Å²) in [6.45, 7) is 4.32. The van der Waals surface area contributed by atoms with Gasteiger partial charge in [-0.25, -0.2) is 4.79 Å². The van der Waals surface area contributed by atoms with Gasteiger partial charge in [-0.1, -0.05) is 37.9 Å². The predicted molar refractivity (Wildman–Crippen MR) is 113 cm³/mol. The molecular formula is C20H32N6O2S. The highest BCUT2D eigenvalue weighted by atomic mass is 32.2. The summed E-state index contributed by atoms with van der Waals surface area (Å²) < 4.78 is 2.20. The van der Waals surface area contributed by atoms with Gasteiger partial charge in [0, 0.05) is 25.2 Å². The highest BCUT2D eigenvalue weighted by molar-refractivity contribution is 7.99. The van der Waals surface area contributed by atoms with Gasteiger partial charge in [0.25, 0.3) is 0 Å². The number of anilines is 1. The number of aromatic nitrogens is 3. The Bertz CT molecular complexity index is 721. The minimum absolute atomic E-state index is 0.167. The molecule has 1 aliphatic heterocycles. The van der Waals surface area contributed by atoms with Crippen LogP contribution < -0.4 is 15.5 Å². The molecule has 2 aliphatic carbocycles. The fourth-order valence-corrected chi connectivity index (χ4v) is 5.01. The number of amides is 3. The predicted octanol–water partition coefficient (Wildman–Crippen LogP) is 3.10. The van der Waals surface area contributed by atoms with E-state index in [1.165, 1.54) is 31.0 Å². The number of imide groups is 1. The molecule has 9 heteroatoms. The molecule has 2 heterocycles. The van der Waals surface area contributed by atoms with E-state index >= 15 is 0 Å². The van der Waals surface area contributed by atoms with Crippen molar-refractivity contribution in [1.29, 1.82) is 0 Å². The Balaban J connectivity index is 1.30. The summed E-state index contributed by atoms with van der Waals surface area (Å²) in [5.74, 6) is 1.58. The normalized spacial score (nSPS) is 21.2. The standard InChI is InChI=1S/C20H32N6O2S/c1-14-9-11-25(12-10-14)19-23-24-20(26(19)16-7-8-16)29-13-17(27)22-18(28)21-15-5-3-2-4-6-15/h14-16H,2-13H2,1H3,(H2,21,22,27,28). The monoisotopic (exact) mass is 420 g/mol. The maximum atomic E-state index is 12.2. The van der Waals surface area contributed by atoms with Crippen LogP contribution in [-0.4, -0.2) is 51.6 Å². The van der Waals surface area contributed by atoms with E-state index < -0.39 is 0 Å². The Morgan fingerprint density at radius 2 is 1.76 bits per heavy atom. The van der Waals surface area contributed by atoms with Gasteiger partial charge in [0.05, 0.1) is 5.75 Å². The van der Waals surface area contributed by atoms with Crippen molar-refractivity contribution in [2.24, 2.45) is 5.92 Å². The smallest absolute Gasteiger partial charge is 0.321 e. The number of hydrogen-bond acceptors (Lipinski definition) is 6. The number of nitrogens with zero attached hydrogens (tertiary/aromatic N) is 4. The second kappa shape index (κ2) is 9.36. The molecule has 1 saturated heterocycles. The molecule has 2 N–H and O–H groups in total. The van der Waals surface area contributed by atoms with Gasteiger partial charge in [-0.15, -0.1) is 10.2 Å². The molecule has 4 rings (SSSR count). The molecule has 29 heavy (non-hydrogen) atoms. The van der Waals surface area contributed by atoms with Gasteiger partial charge < -0.3 is 10.2 Å². The van der Waals surface area contributed by atoms with Crippen molar-refractivity contribution in [3.8, 4) is 0 Å². The first-order valence-electron chi connectivity index (χ1n) is 11.0. The third-order valence-electron chi connectivity index (χ3n) is 6.15. The van der Waals surface area contributed by atoms with E-state index in [1.54, 1.807) is 0 Å². The molecule has 0 atom stereocenters. The van der Waals surface area contributed by atoms with Crippen LogP contribution >= 0.6 is 11.8 Å². The zero-order valence-electron chi connectivity index (χ0n) is 17.2. The first-order chi connectivity index (χ1) is 14.1. The summed E-state index contributed by atoms with van der Waals surface area (Å²) in [4.78, 5) is 26.6. The molecular weight excluding hydrogens is 388 g/mol. The Kier molecular flexibility index (Phi) is 6.62. The minimum atomic E-state index is -0.380. The molecule has 0 spiro atoms. The molecule has 2 saturated carbocycles. The maximum Gasteiger partial charge on any atom is 0.321 e.